The van der Waals surface area contributed by atoms with E-state index in [2.05, 4.69) is 0 Å². The summed E-state index contributed by atoms with van der Waals surface area (Å²) >= 11 is 0. The van der Waals surface area contributed by atoms with Crippen molar-refractivity contribution in [2.24, 2.45) is 0 Å². The molecule has 15 heavy (non-hydrogen) atoms. The van der Waals surface area contributed by atoms with Gasteiger partial charge in [-0.25, -0.2) is 0 Å². The molecule has 88 valence electrons. The number of likely N-dealkylation sites (tertiary alicyclic amines) is 1. The van der Waals surface area contributed by atoms with Gasteiger partial charge in [-0.15, -0.1) is 0 Å². The van der Waals surface area contributed by atoms with Gasteiger partial charge in [0.15, 0.2) is 5.60 Å². The van der Waals surface area contributed by atoms with Crippen LogP contribution < -0.4 is 0 Å². The van der Waals surface area contributed by atoms with E-state index >= 15 is 0 Å². The SMILES string of the molecule is O=C(O)CCN1CC[C@](O)(C(F)(F)F)C1. The van der Waals surface area contributed by atoms with E-state index in [1.807, 2.05) is 0 Å². The summed E-state index contributed by atoms with van der Waals surface area (Å²) in [4.78, 5) is 11.5. The van der Waals surface area contributed by atoms with Gasteiger partial charge in [0, 0.05) is 19.6 Å². The second-order valence-corrected chi connectivity index (χ2v) is 3.70. The molecule has 0 amide bonds. The molecule has 1 aliphatic rings. The summed E-state index contributed by atoms with van der Waals surface area (Å²) in [5.41, 5.74) is -2.68. The van der Waals surface area contributed by atoms with Gasteiger partial charge >= 0.3 is 12.1 Å². The van der Waals surface area contributed by atoms with Crippen LogP contribution in [0.1, 0.15) is 12.8 Å². The fourth-order valence-corrected chi connectivity index (χ4v) is 1.55. The first kappa shape index (κ1) is 12.3. The Kier molecular flexibility index (Phi) is 3.25. The lowest BCUT2D eigenvalue weighted by atomic mass is 10.0. The predicted molar refractivity (Wildman–Crippen MR) is 44.3 cm³/mol. The van der Waals surface area contributed by atoms with Crippen LogP contribution in [-0.2, 0) is 4.79 Å². The minimum atomic E-state index is -4.65. The molecule has 1 heterocycles. The Balaban J connectivity index is 2.48. The molecule has 1 atom stereocenters. The van der Waals surface area contributed by atoms with Crippen LogP contribution in [0.3, 0.4) is 0 Å². The minimum absolute atomic E-state index is 0.0354. The Morgan fingerprint density at radius 2 is 2.07 bits per heavy atom. The van der Waals surface area contributed by atoms with Crippen LogP contribution in [0, 0.1) is 0 Å². The number of alkyl halides is 3. The molecule has 0 saturated carbocycles. The quantitative estimate of drug-likeness (QED) is 0.735. The van der Waals surface area contributed by atoms with Crippen molar-refractivity contribution in [1.82, 2.24) is 4.90 Å². The van der Waals surface area contributed by atoms with Crippen molar-refractivity contribution >= 4 is 5.97 Å². The van der Waals surface area contributed by atoms with Gasteiger partial charge in [0.25, 0.3) is 0 Å². The second-order valence-electron chi connectivity index (χ2n) is 3.70. The summed E-state index contributed by atoms with van der Waals surface area (Å²) in [6, 6.07) is 0. The van der Waals surface area contributed by atoms with Crippen LogP contribution in [-0.4, -0.2) is 52.5 Å². The third-order valence-corrected chi connectivity index (χ3v) is 2.50. The van der Waals surface area contributed by atoms with Gasteiger partial charge in [-0.1, -0.05) is 0 Å². The maximum Gasteiger partial charge on any atom is 0.418 e. The Morgan fingerprint density at radius 1 is 1.47 bits per heavy atom. The number of carbonyl (C=O) groups is 1. The molecule has 0 unspecified atom stereocenters. The van der Waals surface area contributed by atoms with E-state index in [1.165, 1.54) is 4.90 Å². The molecule has 0 aromatic rings. The standard InChI is InChI=1S/C8H12F3NO3/c9-8(10,11)7(15)2-4-12(5-7)3-1-6(13)14/h15H,1-5H2,(H,13,14)/t7-/m1/s1. The number of rotatable bonds is 3. The number of β-amino-alcohol motifs (C(OH)–C–C–N with tert-alkyl or cyclic N) is 1. The zero-order valence-corrected chi connectivity index (χ0v) is 7.92. The van der Waals surface area contributed by atoms with Crippen molar-refractivity contribution in [2.45, 2.75) is 24.6 Å². The first-order valence-corrected chi connectivity index (χ1v) is 4.48. The number of hydrogen-bond acceptors (Lipinski definition) is 3. The molecule has 0 bridgehead atoms. The van der Waals surface area contributed by atoms with Crippen molar-refractivity contribution in [1.29, 1.82) is 0 Å². The van der Waals surface area contributed by atoms with Crippen LogP contribution in [0.5, 0.6) is 0 Å². The molecule has 0 aromatic heterocycles. The summed E-state index contributed by atoms with van der Waals surface area (Å²) in [6.07, 6.45) is -5.25. The van der Waals surface area contributed by atoms with Gasteiger partial charge in [-0.2, -0.15) is 13.2 Å². The van der Waals surface area contributed by atoms with E-state index in [9.17, 15) is 23.1 Å². The first-order chi connectivity index (χ1) is 6.74. The number of nitrogens with zero attached hydrogens (tertiary/aromatic N) is 1. The van der Waals surface area contributed by atoms with Gasteiger partial charge in [0.05, 0.1) is 6.42 Å². The van der Waals surface area contributed by atoms with Crippen molar-refractivity contribution in [3.63, 3.8) is 0 Å². The third-order valence-electron chi connectivity index (χ3n) is 2.50. The number of hydrogen-bond donors (Lipinski definition) is 2. The van der Waals surface area contributed by atoms with Gasteiger partial charge in [0.1, 0.15) is 0 Å². The molecule has 0 aromatic carbocycles. The van der Waals surface area contributed by atoms with Crippen molar-refractivity contribution in [3.05, 3.63) is 0 Å². The van der Waals surface area contributed by atoms with E-state index in [-0.39, 0.29) is 19.5 Å². The van der Waals surface area contributed by atoms with Gasteiger partial charge in [-0.3, -0.25) is 9.69 Å². The molecular formula is C8H12F3NO3. The van der Waals surface area contributed by atoms with E-state index < -0.39 is 30.7 Å². The molecule has 0 radical (unpaired) electrons. The van der Waals surface area contributed by atoms with Crippen molar-refractivity contribution in [2.75, 3.05) is 19.6 Å². The van der Waals surface area contributed by atoms with Crippen molar-refractivity contribution < 1.29 is 28.2 Å². The molecule has 1 saturated heterocycles. The topological polar surface area (TPSA) is 60.8 Å². The summed E-state index contributed by atoms with van der Waals surface area (Å²) in [5.74, 6) is -1.06. The average molecular weight is 227 g/mol. The first-order valence-electron chi connectivity index (χ1n) is 4.48. The molecule has 1 fully saturated rings. The molecule has 4 nitrogen and oxygen atoms in total. The van der Waals surface area contributed by atoms with E-state index in [4.69, 9.17) is 5.11 Å². The highest BCUT2D eigenvalue weighted by molar-refractivity contribution is 5.66. The molecule has 0 spiro atoms. The van der Waals surface area contributed by atoms with Crippen LogP contribution in [0.15, 0.2) is 0 Å². The minimum Gasteiger partial charge on any atom is -0.481 e. The Bertz CT molecular complexity index is 256. The third kappa shape index (κ3) is 2.82. The van der Waals surface area contributed by atoms with Crippen molar-refractivity contribution in [3.8, 4) is 0 Å². The lowest BCUT2D eigenvalue weighted by molar-refractivity contribution is -0.253. The number of aliphatic hydroxyl groups is 1. The van der Waals surface area contributed by atoms with Crippen LogP contribution in [0.4, 0.5) is 13.2 Å². The Morgan fingerprint density at radius 3 is 2.47 bits per heavy atom. The summed E-state index contributed by atoms with van der Waals surface area (Å²) in [6.45, 7) is -0.430. The monoisotopic (exact) mass is 227 g/mol. The van der Waals surface area contributed by atoms with Gasteiger partial charge in [0.2, 0.25) is 0 Å². The molecule has 0 aliphatic carbocycles. The largest absolute Gasteiger partial charge is 0.481 e. The smallest absolute Gasteiger partial charge is 0.418 e. The molecule has 7 heteroatoms. The van der Waals surface area contributed by atoms with Gasteiger partial charge in [-0.05, 0) is 6.42 Å². The fraction of sp³-hybridized carbons (Fsp3) is 0.875. The lowest BCUT2D eigenvalue weighted by Crippen LogP contribution is -2.47. The number of aliphatic carboxylic acids is 1. The van der Waals surface area contributed by atoms with Gasteiger partial charge < -0.3 is 10.2 Å². The maximum atomic E-state index is 12.3. The number of halogens is 3. The highest BCUT2D eigenvalue weighted by atomic mass is 19.4. The van der Waals surface area contributed by atoms with E-state index in [1.54, 1.807) is 0 Å². The lowest BCUT2D eigenvalue weighted by Gasteiger charge is -2.25. The fourth-order valence-electron chi connectivity index (χ4n) is 1.55. The number of carboxylic acids is 1. The highest BCUT2D eigenvalue weighted by Gasteiger charge is 2.56. The summed E-state index contributed by atoms with van der Waals surface area (Å²) < 4.78 is 37.0. The predicted octanol–water partition coefficient (Wildman–Crippen LogP) is 0.460. The zero-order chi connectivity index (χ0) is 11.7. The van der Waals surface area contributed by atoms with E-state index in [0.717, 1.165) is 0 Å². The average Bonchev–Trinajstić information content (AvgIpc) is 2.44. The maximum absolute atomic E-state index is 12.3. The number of carboxylic acid groups (broad SMARTS) is 1. The van der Waals surface area contributed by atoms with E-state index in [0.29, 0.717) is 0 Å². The molecule has 1 rings (SSSR count). The molecular weight excluding hydrogens is 215 g/mol. The summed E-state index contributed by atoms with van der Waals surface area (Å²) in [5, 5.41) is 17.6. The molecule has 2 N–H and O–H groups in total. The zero-order valence-electron chi connectivity index (χ0n) is 7.92. The summed E-state index contributed by atoms with van der Waals surface area (Å²) in [7, 11) is 0. The highest BCUT2D eigenvalue weighted by Crippen LogP contribution is 2.37. The molecule has 1 aliphatic heterocycles. The second kappa shape index (κ2) is 3.97. The van der Waals surface area contributed by atoms with Crippen LogP contribution in [0.2, 0.25) is 0 Å². The Labute approximate surface area is 84.3 Å². The van der Waals surface area contributed by atoms with Crippen LogP contribution in [0.25, 0.3) is 0 Å². The normalized spacial score (nSPS) is 28.3. The van der Waals surface area contributed by atoms with Crippen LogP contribution >= 0.6 is 0 Å². The Hall–Kier alpha value is -0.820.